The zero-order valence-electron chi connectivity index (χ0n) is 8.56. The summed E-state index contributed by atoms with van der Waals surface area (Å²) < 4.78 is 18.1. The Bertz CT molecular complexity index is 175. The molecule has 2 N–H and O–H groups in total. The SMILES string of the molecule is CC(O)CC1OC(C)CCC1N(O)F. The highest BCUT2D eigenvalue weighted by molar-refractivity contribution is 4.81. The number of aliphatic hydroxyl groups excluding tert-OH is 1. The van der Waals surface area contributed by atoms with Crippen molar-refractivity contribution in [1.82, 2.24) is 5.29 Å². The van der Waals surface area contributed by atoms with Crippen molar-refractivity contribution in [1.29, 1.82) is 0 Å². The van der Waals surface area contributed by atoms with Crippen LogP contribution in [0.15, 0.2) is 0 Å². The van der Waals surface area contributed by atoms with Crippen LogP contribution in [0.4, 0.5) is 4.48 Å². The average Bonchev–Trinajstić information content (AvgIpc) is 2.01. The molecule has 1 fully saturated rings. The lowest BCUT2D eigenvalue weighted by molar-refractivity contribution is -0.298. The topological polar surface area (TPSA) is 52.9 Å². The second-order valence-corrected chi connectivity index (χ2v) is 4.00. The molecular weight excluding hydrogens is 189 g/mol. The van der Waals surface area contributed by atoms with Crippen molar-refractivity contribution in [3.05, 3.63) is 0 Å². The van der Waals surface area contributed by atoms with E-state index in [9.17, 15) is 9.59 Å². The molecule has 4 nitrogen and oxygen atoms in total. The summed E-state index contributed by atoms with van der Waals surface area (Å²) in [4.78, 5) is 0. The zero-order chi connectivity index (χ0) is 10.7. The lowest BCUT2D eigenvalue weighted by atomic mass is 9.96. The van der Waals surface area contributed by atoms with Gasteiger partial charge in [-0.1, -0.05) is 0 Å². The lowest BCUT2D eigenvalue weighted by Gasteiger charge is -2.36. The van der Waals surface area contributed by atoms with Crippen LogP contribution in [-0.4, -0.2) is 40.0 Å². The molecule has 1 aliphatic heterocycles. The van der Waals surface area contributed by atoms with Crippen LogP contribution in [0, 0.1) is 0 Å². The maximum absolute atomic E-state index is 12.6. The molecule has 1 aliphatic rings. The Hall–Kier alpha value is -0.230. The first-order chi connectivity index (χ1) is 6.50. The summed E-state index contributed by atoms with van der Waals surface area (Å²) in [6.07, 6.45) is 0.695. The maximum atomic E-state index is 12.6. The molecule has 1 rings (SSSR count). The van der Waals surface area contributed by atoms with Gasteiger partial charge in [0.1, 0.15) is 0 Å². The third-order valence-corrected chi connectivity index (χ3v) is 2.55. The number of hydroxylamine groups is 1. The minimum absolute atomic E-state index is 0.0648. The Morgan fingerprint density at radius 1 is 1.57 bits per heavy atom. The molecule has 0 saturated carbocycles. The normalized spacial score (nSPS) is 36.0. The van der Waals surface area contributed by atoms with Crippen LogP contribution in [0.3, 0.4) is 0 Å². The quantitative estimate of drug-likeness (QED) is 0.540. The fraction of sp³-hybridized carbons (Fsp3) is 1.00. The Balaban J connectivity index is 2.54. The van der Waals surface area contributed by atoms with Gasteiger partial charge < -0.3 is 9.84 Å². The molecule has 4 unspecified atom stereocenters. The first-order valence-corrected chi connectivity index (χ1v) is 4.98. The highest BCUT2D eigenvalue weighted by Crippen LogP contribution is 2.26. The molecule has 0 amide bonds. The summed E-state index contributed by atoms with van der Waals surface area (Å²) >= 11 is 0. The third kappa shape index (κ3) is 3.16. The van der Waals surface area contributed by atoms with Crippen LogP contribution in [-0.2, 0) is 4.74 Å². The van der Waals surface area contributed by atoms with Gasteiger partial charge in [0.15, 0.2) is 0 Å². The number of rotatable bonds is 3. The molecule has 4 atom stereocenters. The van der Waals surface area contributed by atoms with Crippen molar-refractivity contribution in [3.8, 4) is 0 Å². The van der Waals surface area contributed by atoms with E-state index in [4.69, 9.17) is 9.94 Å². The average molecular weight is 207 g/mol. The first-order valence-electron chi connectivity index (χ1n) is 4.98. The predicted molar refractivity (Wildman–Crippen MR) is 48.4 cm³/mol. The van der Waals surface area contributed by atoms with E-state index in [1.807, 2.05) is 6.92 Å². The number of hydrogen-bond acceptors (Lipinski definition) is 4. The van der Waals surface area contributed by atoms with Crippen LogP contribution in [0.1, 0.15) is 33.1 Å². The van der Waals surface area contributed by atoms with Crippen molar-refractivity contribution in [3.63, 3.8) is 0 Å². The van der Waals surface area contributed by atoms with Crippen LogP contribution in [0.2, 0.25) is 0 Å². The maximum Gasteiger partial charge on any atom is 0.0940 e. The smallest absolute Gasteiger partial charge is 0.0940 e. The van der Waals surface area contributed by atoms with E-state index in [0.29, 0.717) is 12.8 Å². The van der Waals surface area contributed by atoms with E-state index in [1.165, 1.54) is 0 Å². The molecule has 0 aromatic heterocycles. The number of halogens is 1. The number of hydrogen-bond donors (Lipinski definition) is 2. The predicted octanol–water partition coefficient (Wildman–Crippen LogP) is 1.27. The van der Waals surface area contributed by atoms with Gasteiger partial charge >= 0.3 is 0 Å². The molecule has 0 aliphatic carbocycles. The second kappa shape index (κ2) is 5.02. The summed E-state index contributed by atoms with van der Waals surface area (Å²) in [5.74, 6) is 0. The fourth-order valence-corrected chi connectivity index (χ4v) is 1.84. The van der Waals surface area contributed by atoms with Gasteiger partial charge in [0.05, 0.1) is 24.4 Å². The molecule has 0 spiro atoms. The minimum atomic E-state index is -0.652. The van der Waals surface area contributed by atoms with Crippen molar-refractivity contribution in [2.45, 2.75) is 57.5 Å². The molecule has 84 valence electrons. The zero-order valence-corrected chi connectivity index (χ0v) is 8.56. The molecule has 0 bridgehead atoms. The van der Waals surface area contributed by atoms with E-state index >= 15 is 0 Å². The summed E-state index contributed by atoms with van der Waals surface area (Å²) in [6.45, 7) is 3.53. The van der Waals surface area contributed by atoms with E-state index in [2.05, 4.69) is 0 Å². The van der Waals surface area contributed by atoms with Gasteiger partial charge in [-0.05, 0) is 32.0 Å². The minimum Gasteiger partial charge on any atom is -0.393 e. The lowest BCUT2D eigenvalue weighted by Crippen LogP contribution is -2.46. The van der Waals surface area contributed by atoms with E-state index < -0.39 is 18.2 Å². The first kappa shape index (κ1) is 11.8. The highest BCUT2D eigenvalue weighted by Gasteiger charge is 2.34. The molecule has 0 aromatic rings. The van der Waals surface area contributed by atoms with Gasteiger partial charge in [0, 0.05) is 6.42 Å². The second-order valence-electron chi connectivity index (χ2n) is 4.00. The van der Waals surface area contributed by atoms with Crippen LogP contribution in [0.5, 0.6) is 0 Å². The molecule has 0 aromatic carbocycles. The highest BCUT2D eigenvalue weighted by atomic mass is 19.2. The Morgan fingerprint density at radius 2 is 2.21 bits per heavy atom. The molecule has 1 heterocycles. The largest absolute Gasteiger partial charge is 0.393 e. The van der Waals surface area contributed by atoms with Crippen LogP contribution in [0.25, 0.3) is 0 Å². The number of aliphatic hydroxyl groups is 1. The summed E-state index contributed by atoms with van der Waals surface area (Å²) in [6, 6.07) is -0.652. The van der Waals surface area contributed by atoms with Gasteiger partial charge in [0.2, 0.25) is 0 Å². The summed E-state index contributed by atoms with van der Waals surface area (Å²) in [7, 11) is 0. The summed E-state index contributed by atoms with van der Waals surface area (Å²) in [5.41, 5.74) is 0. The Kier molecular flexibility index (Phi) is 4.25. The molecular formula is C9H18FNO3. The van der Waals surface area contributed by atoms with Gasteiger partial charge in [-0.3, -0.25) is 5.21 Å². The number of nitrogens with zero attached hydrogens (tertiary/aromatic N) is 1. The van der Waals surface area contributed by atoms with Crippen LogP contribution < -0.4 is 0 Å². The monoisotopic (exact) mass is 207 g/mol. The number of ether oxygens (including phenoxy) is 1. The standard InChI is InChI=1S/C9H18FNO3/c1-6(12)5-9-8(11(10)13)4-3-7(2)14-9/h6-9,12-13H,3-5H2,1-2H3. The van der Waals surface area contributed by atoms with Crippen molar-refractivity contribution in [2.75, 3.05) is 0 Å². The van der Waals surface area contributed by atoms with Crippen molar-refractivity contribution in [2.24, 2.45) is 0 Å². The molecule has 1 saturated heterocycles. The van der Waals surface area contributed by atoms with Crippen molar-refractivity contribution < 1.29 is 19.5 Å². The third-order valence-electron chi connectivity index (χ3n) is 2.55. The van der Waals surface area contributed by atoms with E-state index in [0.717, 1.165) is 6.42 Å². The fourth-order valence-electron chi connectivity index (χ4n) is 1.84. The Morgan fingerprint density at radius 3 is 2.71 bits per heavy atom. The van der Waals surface area contributed by atoms with Gasteiger partial charge in [-0.25, -0.2) is 0 Å². The molecule has 14 heavy (non-hydrogen) atoms. The van der Waals surface area contributed by atoms with E-state index in [-0.39, 0.29) is 11.4 Å². The Labute approximate surface area is 83.2 Å². The molecule has 5 heteroatoms. The molecule has 0 radical (unpaired) electrons. The van der Waals surface area contributed by atoms with Gasteiger partial charge in [-0.15, -0.1) is 4.48 Å². The summed E-state index contributed by atoms with van der Waals surface area (Å²) in [5, 5.41) is 17.6. The van der Waals surface area contributed by atoms with Gasteiger partial charge in [0.25, 0.3) is 0 Å². The van der Waals surface area contributed by atoms with Crippen molar-refractivity contribution >= 4 is 0 Å². The van der Waals surface area contributed by atoms with Gasteiger partial charge in [-0.2, -0.15) is 0 Å². The van der Waals surface area contributed by atoms with Crippen LogP contribution >= 0.6 is 0 Å². The van der Waals surface area contributed by atoms with E-state index in [1.54, 1.807) is 6.92 Å².